The quantitative estimate of drug-likeness (QED) is 0.701. The van der Waals surface area contributed by atoms with Gasteiger partial charge in [-0.05, 0) is 26.8 Å². The largest absolute Gasteiger partial charge is 0.344 e. The zero-order valence-corrected chi connectivity index (χ0v) is 9.47. The van der Waals surface area contributed by atoms with E-state index >= 15 is 0 Å². The molecule has 4 heteroatoms. The monoisotopic (exact) mass is 207 g/mol. The molecule has 0 aliphatic carbocycles. The van der Waals surface area contributed by atoms with Gasteiger partial charge in [-0.3, -0.25) is 9.48 Å². The van der Waals surface area contributed by atoms with E-state index in [1.807, 2.05) is 6.92 Å². The van der Waals surface area contributed by atoms with Crippen molar-refractivity contribution >= 4 is 6.41 Å². The second-order valence-corrected chi connectivity index (χ2v) is 4.51. The molecule has 1 aliphatic heterocycles. The van der Waals surface area contributed by atoms with Crippen molar-refractivity contribution in [3.05, 3.63) is 17.5 Å². The summed E-state index contributed by atoms with van der Waals surface area (Å²) < 4.78 is 2.07. The number of carbonyl (C=O) groups is 1. The number of hydrogen-bond acceptors (Lipinski definition) is 2. The van der Waals surface area contributed by atoms with E-state index in [2.05, 4.69) is 29.7 Å². The zero-order chi connectivity index (χ0) is 11.0. The topological polar surface area (TPSA) is 38.1 Å². The van der Waals surface area contributed by atoms with Crippen LogP contribution < -0.4 is 0 Å². The van der Waals surface area contributed by atoms with Crippen LogP contribution in [0.2, 0.25) is 0 Å². The highest BCUT2D eigenvalue weighted by Gasteiger charge is 2.30. The summed E-state index contributed by atoms with van der Waals surface area (Å²) >= 11 is 0. The third-order valence-electron chi connectivity index (χ3n) is 2.85. The summed E-state index contributed by atoms with van der Waals surface area (Å²) in [6.07, 6.45) is 0.916. The van der Waals surface area contributed by atoms with E-state index < -0.39 is 0 Å². The minimum absolute atomic E-state index is 0.388. The van der Waals surface area contributed by atoms with E-state index in [1.54, 1.807) is 4.90 Å². The molecule has 82 valence electrons. The first kappa shape index (κ1) is 10.2. The maximum atomic E-state index is 10.5. The van der Waals surface area contributed by atoms with Crippen LogP contribution in [0.4, 0.5) is 0 Å². The van der Waals surface area contributed by atoms with Crippen LogP contribution in [0.15, 0.2) is 6.07 Å². The van der Waals surface area contributed by atoms with Gasteiger partial charge in [0.05, 0.1) is 5.69 Å². The Hall–Kier alpha value is -1.32. The molecule has 1 amide bonds. The van der Waals surface area contributed by atoms with Gasteiger partial charge in [0, 0.05) is 30.7 Å². The number of nitrogens with zero attached hydrogens (tertiary/aromatic N) is 3. The lowest BCUT2D eigenvalue weighted by Gasteiger charge is -2.36. The van der Waals surface area contributed by atoms with Crippen molar-refractivity contribution in [3.63, 3.8) is 0 Å². The van der Waals surface area contributed by atoms with Crippen molar-refractivity contribution in [2.45, 2.75) is 32.7 Å². The van der Waals surface area contributed by atoms with Gasteiger partial charge in [0.1, 0.15) is 0 Å². The fourth-order valence-electron chi connectivity index (χ4n) is 2.04. The van der Waals surface area contributed by atoms with Crippen LogP contribution in [0.1, 0.15) is 37.2 Å². The third kappa shape index (κ3) is 1.76. The molecule has 0 aromatic carbocycles. The molecule has 15 heavy (non-hydrogen) atoms. The van der Waals surface area contributed by atoms with Gasteiger partial charge in [-0.15, -0.1) is 0 Å². The van der Waals surface area contributed by atoms with Crippen LogP contribution in [0, 0.1) is 6.92 Å². The molecule has 2 heterocycles. The second kappa shape index (κ2) is 3.68. The first-order chi connectivity index (χ1) is 7.11. The maximum Gasteiger partial charge on any atom is 0.209 e. The number of aryl methyl sites for hydroxylation is 1. The summed E-state index contributed by atoms with van der Waals surface area (Å²) in [7, 11) is 0. The van der Waals surface area contributed by atoms with Crippen molar-refractivity contribution in [2.75, 3.05) is 13.1 Å². The van der Waals surface area contributed by atoms with E-state index in [4.69, 9.17) is 0 Å². The lowest BCUT2D eigenvalue weighted by molar-refractivity contribution is -0.122. The lowest BCUT2D eigenvalue weighted by Crippen LogP contribution is -2.44. The molecule has 0 radical (unpaired) electrons. The van der Waals surface area contributed by atoms with Crippen LogP contribution in [-0.4, -0.2) is 34.2 Å². The first-order valence-electron chi connectivity index (χ1n) is 5.37. The molecule has 1 aromatic rings. The number of likely N-dealkylation sites (tertiary alicyclic amines) is 1. The molecule has 4 nitrogen and oxygen atoms in total. The van der Waals surface area contributed by atoms with E-state index in [0.717, 1.165) is 25.2 Å². The molecule has 1 fully saturated rings. The Kier molecular flexibility index (Phi) is 2.50. The predicted octanol–water partition coefficient (Wildman–Crippen LogP) is 1.33. The van der Waals surface area contributed by atoms with E-state index in [0.29, 0.717) is 12.0 Å². The molecule has 2 rings (SSSR count). The highest BCUT2D eigenvalue weighted by Crippen LogP contribution is 2.27. The van der Waals surface area contributed by atoms with Gasteiger partial charge in [0.25, 0.3) is 0 Å². The minimum Gasteiger partial charge on any atom is -0.344 e. The van der Waals surface area contributed by atoms with E-state index in [9.17, 15) is 4.79 Å². The summed E-state index contributed by atoms with van der Waals surface area (Å²) in [5.41, 5.74) is 2.32. The van der Waals surface area contributed by atoms with Crippen LogP contribution in [0.3, 0.4) is 0 Å². The summed E-state index contributed by atoms with van der Waals surface area (Å²) in [6.45, 7) is 7.94. The summed E-state index contributed by atoms with van der Waals surface area (Å²) in [5.74, 6) is 0.471. The highest BCUT2D eigenvalue weighted by molar-refractivity contribution is 5.49. The number of rotatable bonds is 3. The smallest absolute Gasteiger partial charge is 0.209 e. The predicted molar refractivity (Wildman–Crippen MR) is 57.7 cm³/mol. The molecule has 1 aliphatic rings. The Morgan fingerprint density at radius 3 is 2.73 bits per heavy atom. The van der Waals surface area contributed by atoms with Gasteiger partial charge >= 0.3 is 0 Å². The highest BCUT2D eigenvalue weighted by atomic mass is 16.1. The lowest BCUT2D eigenvalue weighted by atomic mass is 9.96. The summed E-state index contributed by atoms with van der Waals surface area (Å²) in [4.78, 5) is 12.3. The molecule has 0 unspecified atom stereocenters. The molecule has 0 N–H and O–H groups in total. The number of hydrogen-bond donors (Lipinski definition) is 0. The van der Waals surface area contributed by atoms with Gasteiger partial charge in [-0.1, -0.05) is 0 Å². The molecule has 0 bridgehead atoms. The minimum atomic E-state index is 0.388. The van der Waals surface area contributed by atoms with Gasteiger partial charge < -0.3 is 4.90 Å². The number of amides is 1. The van der Waals surface area contributed by atoms with Crippen LogP contribution in [-0.2, 0) is 4.79 Å². The average molecular weight is 207 g/mol. The fraction of sp³-hybridized carbons (Fsp3) is 0.636. The molecular weight excluding hydrogens is 190 g/mol. The van der Waals surface area contributed by atoms with Crippen LogP contribution >= 0.6 is 0 Å². The molecule has 1 aromatic heterocycles. The van der Waals surface area contributed by atoms with Crippen molar-refractivity contribution < 1.29 is 4.79 Å². The Labute approximate surface area is 89.9 Å². The van der Waals surface area contributed by atoms with E-state index in [-0.39, 0.29) is 0 Å². The number of carbonyl (C=O) groups excluding carboxylic acids is 1. The Morgan fingerprint density at radius 2 is 2.20 bits per heavy atom. The van der Waals surface area contributed by atoms with Gasteiger partial charge in [-0.2, -0.15) is 5.10 Å². The molecule has 0 spiro atoms. The summed E-state index contributed by atoms with van der Waals surface area (Å²) in [6, 6.07) is 2.52. The maximum absolute atomic E-state index is 10.5. The molecular formula is C11H17N3O. The van der Waals surface area contributed by atoms with Crippen molar-refractivity contribution in [3.8, 4) is 0 Å². The molecule has 1 saturated heterocycles. The van der Waals surface area contributed by atoms with Gasteiger partial charge in [0.15, 0.2) is 0 Å². The first-order valence-corrected chi connectivity index (χ1v) is 5.37. The van der Waals surface area contributed by atoms with Crippen molar-refractivity contribution in [1.29, 1.82) is 0 Å². The third-order valence-corrected chi connectivity index (χ3v) is 2.85. The Balaban J connectivity index is 2.18. The Morgan fingerprint density at radius 1 is 1.53 bits per heavy atom. The standard InChI is InChI=1S/C11H17N3O/c1-8(2)14-11(4-9(3)12-14)10-5-13(6-10)7-15/h4,7-8,10H,5-6H2,1-3H3. The zero-order valence-electron chi connectivity index (χ0n) is 9.47. The SMILES string of the molecule is Cc1cc(C2CN(C=O)C2)n(C(C)C)n1. The second-order valence-electron chi connectivity index (χ2n) is 4.51. The van der Waals surface area contributed by atoms with Crippen LogP contribution in [0.5, 0.6) is 0 Å². The van der Waals surface area contributed by atoms with Crippen LogP contribution in [0.25, 0.3) is 0 Å². The normalized spacial score (nSPS) is 16.9. The summed E-state index contributed by atoms with van der Waals surface area (Å²) in [5, 5.41) is 4.47. The fourth-order valence-corrected chi connectivity index (χ4v) is 2.04. The van der Waals surface area contributed by atoms with Gasteiger partial charge in [0.2, 0.25) is 6.41 Å². The van der Waals surface area contributed by atoms with Crippen molar-refractivity contribution in [2.24, 2.45) is 0 Å². The van der Waals surface area contributed by atoms with Gasteiger partial charge in [-0.25, -0.2) is 0 Å². The number of aromatic nitrogens is 2. The average Bonchev–Trinajstić information content (AvgIpc) is 2.45. The van der Waals surface area contributed by atoms with Crippen molar-refractivity contribution in [1.82, 2.24) is 14.7 Å². The molecule has 0 saturated carbocycles. The Bertz CT molecular complexity index is 364. The molecule has 0 atom stereocenters. The van der Waals surface area contributed by atoms with E-state index in [1.165, 1.54) is 5.69 Å².